The lowest BCUT2D eigenvalue weighted by atomic mass is 10.5. The standard InChI is InChI=1S/C9H17N5OS/c1-3-4-11-8(15)6-16-9-13-12-7(5-10)14(9)2/h3-6,10H2,1-2H3,(H,11,15). The zero-order valence-corrected chi connectivity index (χ0v) is 10.4. The van der Waals surface area contributed by atoms with Gasteiger partial charge in [-0.3, -0.25) is 4.79 Å². The third-order valence-electron chi connectivity index (χ3n) is 2.01. The lowest BCUT2D eigenvalue weighted by Gasteiger charge is -2.03. The largest absolute Gasteiger partial charge is 0.355 e. The highest BCUT2D eigenvalue weighted by molar-refractivity contribution is 7.99. The predicted octanol–water partition coefficient (Wildman–Crippen LogP) is -0.108. The average molecular weight is 243 g/mol. The van der Waals surface area contributed by atoms with Gasteiger partial charge in [0.15, 0.2) is 5.16 Å². The van der Waals surface area contributed by atoms with Crippen LogP contribution in [0.4, 0.5) is 0 Å². The molecule has 16 heavy (non-hydrogen) atoms. The highest BCUT2D eigenvalue weighted by Gasteiger charge is 2.09. The Morgan fingerprint density at radius 1 is 1.56 bits per heavy atom. The van der Waals surface area contributed by atoms with Gasteiger partial charge in [0.1, 0.15) is 5.82 Å². The first-order valence-electron chi connectivity index (χ1n) is 5.16. The summed E-state index contributed by atoms with van der Waals surface area (Å²) >= 11 is 1.36. The Morgan fingerprint density at radius 2 is 2.31 bits per heavy atom. The molecule has 0 saturated heterocycles. The maximum absolute atomic E-state index is 11.3. The Morgan fingerprint density at radius 3 is 2.88 bits per heavy atom. The number of thioether (sulfide) groups is 1. The van der Waals surface area contributed by atoms with Crippen LogP contribution in [0.5, 0.6) is 0 Å². The molecule has 1 amide bonds. The van der Waals surface area contributed by atoms with Crippen molar-refractivity contribution in [1.29, 1.82) is 0 Å². The van der Waals surface area contributed by atoms with Crippen molar-refractivity contribution >= 4 is 17.7 Å². The van der Waals surface area contributed by atoms with E-state index in [-0.39, 0.29) is 5.91 Å². The third kappa shape index (κ3) is 3.49. The quantitative estimate of drug-likeness (QED) is 0.681. The van der Waals surface area contributed by atoms with E-state index in [0.29, 0.717) is 24.0 Å². The van der Waals surface area contributed by atoms with Gasteiger partial charge in [-0.1, -0.05) is 18.7 Å². The summed E-state index contributed by atoms with van der Waals surface area (Å²) in [6, 6.07) is 0. The van der Waals surface area contributed by atoms with E-state index in [4.69, 9.17) is 5.73 Å². The Bertz CT molecular complexity index is 352. The Kier molecular flexibility index (Phi) is 5.27. The number of hydrogen-bond donors (Lipinski definition) is 2. The molecule has 0 aromatic carbocycles. The number of hydrogen-bond acceptors (Lipinski definition) is 5. The summed E-state index contributed by atoms with van der Waals surface area (Å²) in [6.07, 6.45) is 0.942. The van der Waals surface area contributed by atoms with Crippen LogP contribution in [0.1, 0.15) is 19.2 Å². The van der Waals surface area contributed by atoms with E-state index in [2.05, 4.69) is 15.5 Å². The molecular formula is C9H17N5OS. The zero-order valence-electron chi connectivity index (χ0n) is 9.56. The topological polar surface area (TPSA) is 85.8 Å². The number of nitrogens with two attached hydrogens (primary N) is 1. The number of nitrogens with zero attached hydrogens (tertiary/aromatic N) is 3. The highest BCUT2D eigenvalue weighted by Crippen LogP contribution is 2.14. The highest BCUT2D eigenvalue weighted by atomic mass is 32.2. The van der Waals surface area contributed by atoms with Crippen molar-refractivity contribution in [2.24, 2.45) is 12.8 Å². The van der Waals surface area contributed by atoms with Gasteiger partial charge in [-0.25, -0.2) is 0 Å². The summed E-state index contributed by atoms with van der Waals surface area (Å²) in [7, 11) is 1.84. The van der Waals surface area contributed by atoms with Gasteiger partial charge in [0.25, 0.3) is 0 Å². The fraction of sp³-hybridized carbons (Fsp3) is 0.667. The molecular weight excluding hydrogens is 226 g/mol. The van der Waals surface area contributed by atoms with Crippen molar-refractivity contribution in [3.05, 3.63) is 5.82 Å². The second kappa shape index (κ2) is 6.49. The van der Waals surface area contributed by atoms with Crippen LogP contribution in [0.15, 0.2) is 5.16 Å². The van der Waals surface area contributed by atoms with E-state index in [0.717, 1.165) is 12.2 Å². The van der Waals surface area contributed by atoms with Gasteiger partial charge in [-0.15, -0.1) is 10.2 Å². The first kappa shape index (κ1) is 13.0. The second-order valence-electron chi connectivity index (χ2n) is 3.30. The number of amides is 1. The molecule has 90 valence electrons. The number of aromatic nitrogens is 3. The number of carbonyl (C=O) groups excluding carboxylic acids is 1. The van der Waals surface area contributed by atoms with Crippen molar-refractivity contribution < 1.29 is 4.79 Å². The van der Waals surface area contributed by atoms with Crippen LogP contribution in [0.25, 0.3) is 0 Å². The normalized spacial score (nSPS) is 10.4. The molecule has 0 unspecified atom stereocenters. The van der Waals surface area contributed by atoms with Crippen molar-refractivity contribution in [1.82, 2.24) is 20.1 Å². The van der Waals surface area contributed by atoms with Crippen LogP contribution in [0.2, 0.25) is 0 Å². The smallest absolute Gasteiger partial charge is 0.230 e. The van der Waals surface area contributed by atoms with Crippen LogP contribution in [-0.4, -0.2) is 33.0 Å². The molecule has 0 fully saturated rings. The molecule has 6 nitrogen and oxygen atoms in total. The minimum atomic E-state index is 0.0177. The first-order valence-corrected chi connectivity index (χ1v) is 6.15. The number of nitrogens with one attached hydrogen (secondary N) is 1. The lowest BCUT2D eigenvalue weighted by Crippen LogP contribution is -2.25. The lowest BCUT2D eigenvalue weighted by molar-refractivity contribution is -0.118. The molecule has 1 rings (SSSR count). The van der Waals surface area contributed by atoms with E-state index in [1.165, 1.54) is 11.8 Å². The van der Waals surface area contributed by atoms with Gasteiger partial charge < -0.3 is 15.6 Å². The minimum absolute atomic E-state index is 0.0177. The summed E-state index contributed by atoms with van der Waals surface area (Å²) in [4.78, 5) is 11.3. The van der Waals surface area contributed by atoms with Crippen molar-refractivity contribution in [3.63, 3.8) is 0 Å². The second-order valence-corrected chi connectivity index (χ2v) is 4.24. The number of rotatable bonds is 6. The average Bonchev–Trinajstić information content (AvgIpc) is 2.64. The molecule has 0 saturated carbocycles. The van der Waals surface area contributed by atoms with Crippen LogP contribution >= 0.6 is 11.8 Å². The molecule has 0 bridgehead atoms. The monoisotopic (exact) mass is 243 g/mol. The Labute approximate surface area is 99.0 Å². The van der Waals surface area contributed by atoms with Gasteiger partial charge in [0, 0.05) is 13.6 Å². The molecule has 0 atom stereocenters. The fourth-order valence-electron chi connectivity index (χ4n) is 1.09. The van der Waals surface area contributed by atoms with Gasteiger partial charge in [-0.05, 0) is 6.42 Å². The molecule has 0 spiro atoms. The molecule has 1 aromatic heterocycles. The molecule has 3 N–H and O–H groups in total. The van der Waals surface area contributed by atoms with E-state index >= 15 is 0 Å². The first-order chi connectivity index (χ1) is 7.69. The van der Waals surface area contributed by atoms with Gasteiger partial charge in [-0.2, -0.15) is 0 Å². The molecule has 1 heterocycles. The van der Waals surface area contributed by atoms with Crippen LogP contribution in [0.3, 0.4) is 0 Å². The fourth-order valence-corrected chi connectivity index (χ4v) is 1.85. The molecule has 7 heteroatoms. The van der Waals surface area contributed by atoms with Crippen molar-refractivity contribution in [3.8, 4) is 0 Å². The number of carbonyl (C=O) groups is 1. The van der Waals surface area contributed by atoms with Crippen LogP contribution in [0, 0.1) is 0 Å². The maximum Gasteiger partial charge on any atom is 0.230 e. The predicted molar refractivity (Wildman–Crippen MR) is 62.9 cm³/mol. The molecule has 0 aliphatic rings. The van der Waals surface area contributed by atoms with Gasteiger partial charge >= 0.3 is 0 Å². The molecule has 0 radical (unpaired) electrons. The molecule has 1 aromatic rings. The molecule has 0 aliphatic heterocycles. The Hall–Kier alpha value is -1.08. The zero-order chi connectivity index (χ0) is 12.0. The molecule has 0 aliphatic carbocycles. The van der Waals surface area contributed by atoms with E-state index < -0.39 is 0 Å². The summed E-state index contributed by atoms with van der Waals surface area (Å²) in [5.74, 6) is 1.09. The van der Waals surface area contributed by atoms with Crippen molar-refractivity contribution in [2.45, 2.75) is 25.0 Å². The van der Waals surface area contributed by atoms with E-state index in [1.54, 1.807) is 4.57 Å². The third-order valence-corrected chi connectivity index (χ3v) is 3.03. The SMILES string of the molecule is CCCNC(=O)CSc1nnc(CN)n1C. The Balaban J connectivity index is 2.42. The van der Waals surface area contributed by atoms with Crippen LogP contribution < -0.4 is 11.1 Å². The summed E-state index contributed by atoms with van der Waals surface area (Å²) in [5, 5.41) is 11.4. The van der Waals surface area contributed by atoms with Gasteiger partial charge in [0.2, 0.25) is 5.91 Å². The minimum Gasteiger partial charge on any atom is -0.355 e. The van der Waals surface area contributed by atoms with E-state index in [1.807, 2.05) is 14.0 Å². The van der Waals surface area contributed by atoms with Crippen LogP contribution in [-0.2, 0) is 18.4 Å². The van der Waals surface area contributed by atoms with Crippen molar-refractivity contribution in [2.75, 3.05) is 12.3 Å². The van der Waals surface area contributed by atoms with E-state index in [9.17, 15) is 4.79 Å². The van der Waals surface area contributed by atoms with Gasteiger partial charge in [0.05, 0.1) is 12.3 Å². The maximum atomic E-state index is 11.3. The summed E-state index contributed by atoms with van der Waals surface area (Å²) < 4.78 is 1.80. The summed E-state index contributed by atoms with van der Waals surface area (Å²) in [6.45, 7) is 3.09. The summed E-state index contributed by atoms with van der Waals surface area (Å²) in [5.41, 5.74) is 5.47.